The fraction of sp³-hybridized carbons (Fsp3) is 0.308. The second-order valence-corrected chi connectivity index (χ2v) is 5.50. The minimum absolute atomic E-state index is 0.359. The molecule has 19 heavy (non-hydrogen) atoms. The molecule has 1 aromatic rings. The predicted octanol–water partition coefficient (Wildman–Crippen LogP) is 2.76. The molecule has 0 fully saturated rings. The zero-order valence-corrected chi connectivity index (χ0v) is 12.2. The Balaban J connectivity index is 2.58. The number of hydrogen-bond donors (Lipinski definition) is 1. The zero-order chi connectivity index (χ0) is 14.0. The Morgan fingerprint density at radius 2 is 2.37 bits per heavy atom. The average Bonchev–Trinajstić information content (AvgIpc) is 2.90. The number of thiophene rings is 1. The van der Waals surface area contributed by atoms with Crippen LogP contribution in [0.5, 0.6) is 0 Å². The van der Waals surface area contributed by atoms with Gasteiger partial charge in [-0.3, -0.25) is 4.79 Å². The normalized spacial score (nSPS) is 22.7. The van der Waals surface area contributed by atoms with E-state index in [0.29, 0.717) is 16.3 Å². The molecular formula is C13H12N2O2S2. The molecule has 0 aromatic carbocycles. The van der Waals surface area contributed by atoms with Crippen molar-refractivity contribution in [2.45, 2.75) is 12.8 Å². The van der Waals surface area contributed by atoms with Gasteiger partial charge in [0.1, 0.15) is 10.9 Å². The molecule has 1 aliphatic heterocycles. The summed E-state index contributed by atoms with van der Waals surface area (Å²) in [6.07, 6.45) is 0. The summed E-state index contributed by atoms with van der Waals surface area (Å²) in [4.78, 5) is 17.1. The van der Waals surface area contributed by atoms with Crippen molar-refractivity contribution < 1.29 is 9.53 Å². The Morgan fingerprint density at radius 1 is 1.63 bits per heavy atom. The van der Waals surface area contributed by atoms with E-state index in [0.717, 1.165) is 4.88 Å². The summed E-state index contributed by atoms with van der Waals surface area (Å²) >= 11 is 5.75. The number of carbonyl (C=O) groups is 1. The summed E-state index contributed by atoms with van der Waals surface area (Å²) in [5, 5.41) is 11.6. The van der Waals surface area contributed by atoms with Crippen LogP contribution < -0.4 is 0 Å². The molecule has 1 unspecified atom stereocenters. The van der Waals surface area contributed by atoms with E-state index in [1.54, 1.807) is 6.92 Å². The first-order valence-electron chi connectivity index (χ1n) is 5.59. The van der Waals surface area contributed by atoms with E-state index in [9.17, 15) is 10.1 Å². The maximum Gasteiger partial charge on any atom is 0.315 e. The van der Waals surface area contributed by atoms with Crippen LogP contribution in [0.25, 0.3) is 0 Å². The Bertz CT molecular complexity index is 597. The number of allylic oxidation sites excluding steroid dienone is 1. The third-order valence-corrected chi connectivity index (χ3v) is 4.34. The first-order chi connectivity index (χ1) is 9.10. The lowest BCUT2D eigenvalue weighted by Gasteiger charge is -2.27. The third-order valence-electron chi connectivity index (χ3n) is 3.04. The van der Waals surface area contributed by atoms with Crippen molar-refractivity contribution in [1.82, 2.24) is 0 Å². The minimum Gasteiger partial charge on any atom is -0.468 e. The maximum atomic E-state index is 12.0. The average molecular weight is 292 g/mol. The van der Waals surface area contributed by atoms with Crippen molar-refractivity contribution in [3.63, 3.8) is 0 Å². The van der Waals surface area contributed by atoms with Crippen LogP contribution in [0.2, 0.25) is 0 Å². The number of nitriles is 1. The number of aliphatic imine (C=N–C) groups is 1. The van der Waals surface area contributed by atoms with Gasteiger partial charge in [0.25, 0.3) is 0 Å². The Kier molecular flexibility index (Phi) is 4.08. The lowest BCUT2D eigenvalue weighted by molar-refractivity contribution is -0.143. The number of ether oxygens (including phenoxy) is 1. The molecule has 0 N–H and O–H groups in total. The van der Waals surface area contributed by atoms with Crippen LogP contribution in [-0.4, -0.2) is 18.8 Å². The zero-order valence-electron chi connectivity index (χ0n) is 10.5. The molecule has 4 nitrogen and oxygen atoms in total. The van der Waals surface area contributed by atoms with E-state index in [1.165, 1.54) is 18.4 Å². The highest BCUT2D eigenvalue weighted by Gasteiger charge is 2.40. The predicted molar refractivity (Wildman–Crippen MR) is 77.3 cm³/mol. The van der Waals surface area contributed by atoms with Crippen LogP contribution in [0.15, 0.2) is 33.1 Å². The first-order valence-corrected chi connectivity index (χ1v) is 6.92. The largest absolute Gasteiger partial charge is 0.468 e. The summed E-state index contributed by atoms with van der Waals surface area (Å²) in [5.74, 6) is -1.30. The molecule has 0 saturated carbocycles. The molecular weight excluding hydrogens is 280 g/mol. The molecule has 1 aromatic heterocycles. The van der Waals surface area contributed by atoms with Crippen molar-refractivity contribution in [2.24, 2.45) is 10.9 Å². The standard InChI is InChI=1S/C13H12N2O2S2/c1-7-10(13(16)17-2)11(9-4-3-5-19-9)8(6-14)12(18)15-7/h3-5,10-11,18H,1-2H3/t10?,11-/m1/s1. The molecule has 0 spiro atoms. The smallest absolute Gasteiger partial charge is 0.315 e. The van der Waals surface area contributed by atoms with Gasteiger partial charge in [0, 0.05) is 16.5 Å². The summed E-state index contributed by atoms with van der Waals surface area (Å²) in [6, 6.07) is 5.91. The molecule has 0 saturated heterocycles. The second-order valence-electron chi connectivity index (χ2n) is 4.10. The summed E-state index contributed by atoms with van der Waals surface area (Å²) in [5.41, 5.74) is 1.03. The highest BCUT2D eigenvalue weighted by atomic mass is 32.1. The van der Waals surface area contributed by atoms with Crippen molar-refractivity contribution in [2.75, 3.05) is 7.11 Å². The lowest BCUT2D eigenvalue weighted by atomic mass is 9.81. The van der Waals surface area contributed by atoms with Gasteiger partial charge in [-0.25, -0.2) is 4.99 Å². The fourth-order valence-electron chi connectivity index (χ4n) is 2.17. The fourth-order valence-corrected chi connectivity index (χ4v) is 3.39. The maximum absolute atomic E-state index is 12.0. The van der Waals surface area contributed by atoms with Crippen LogP contribution in [0, 0.1) is 17.2 Å². The van der Waals surface area contributed by atoms with E-state index >= 15 is 0 Å². The summed E-state index contributed by atoms with van der Waals surface area (Å²) in [7, 11) is 1.34. The van der Waals surface area contributed by atoms with Gasteiger partial charge in [0.2, 0.25) is 0 Å². The molecule has 2 rings (SSSR count). The van der Waals surface area contributed by atoms with Crippen molar-refractivity contribution in [1.29, 1.82) is 5.26 Å². The monoisotopic (exact) mass is 292 g/mol. The SMILES string of the molecule is COC(=O)C1C(C)=NC(S)=C(C#N)[C@@H]1c1cccs1. The van der Waals surface area contributed by atoms with Crippen molar-refractivity contribution in [3.8, 4) is 6.07 Å². The second kappa shape index (κ2) is 5.59. The van der Waals surface area contributed by atoms with Crippen LogP contribution >= 0.6 is 24.0 Å². The van der Waals surface area contributed by atoms with Crippen LogP contribution in [-0.2, 0) is 9.53 Å². The van der Waals surface area contributed by atoms with E-state index in [-0.39, 0.29) is 11.9 Å². The Morgan fingerprint density at radius 3 is 2.89 bits per heavy atom. The Hall–Kier alpha value is -1.58. The molecule has 0 aliphatic carbocycles. The lowest BCUT2D eigenvalue weighted by Crippen LogP contribution is -2.33. The quantitative estimate of drug-likeness (QED) is 0.673. The van der Waals surface area contributed by atoms with Gasteiger partial charge in [0.05, 0.1) is 18.8 Å². The van der Waals surface area contributed by atoms with Gasteiger partial charge in [-0.15, -0.1) is 24.0 Å². The van der Waals surface area contributed by atoms with Crippen LogP contribution in [0.4, 0.5) is 0 Å². The molecule has 0 radical (unpaired) electrons. The highest BCUT2D eigenvalue weighted by Crippen LogP contribution is 2.41. The third kappa shape index (κ3) is 2.44. The summed E-state index contributed by atoms with van der Waals surface area (Å²) < 4.78 is 4.84. The van der Waals surface area contributed by atoms with Gasteiger partial charge in [-0.05, 0) is 18.4 Å². The number of rotatable bonds is 2. The topological polar surface area (TPSA) is 62.4 Å². The molecule has 0 bridgehead atoms. The minimum atomic E-state index is -0.561. The van der Waals surface area contributed by atoms with Crippen molar-refractivity contribution >= 4 is 35.6 Å². The number of methoxy groups -OCH3 is 1. The van der Waals surface area contributed by atoms with E-state index in [1.807, 2.05) is 17.5 Å². The molecule has 6 heteroatoms. The van der Waals surface area contributed by atoms with Gasteiger partial charge in [-0.2, -0.15) is 5.26 Å². The highest BCUT2D eigenvalue weighted by molar-refractivity contribution is 7.84. The molecule has 2 heterocycles. The number of thiol groups is 1. The number of carbonyl (C=O) groups excluding carboxylic acids is 1. The van der Waals surface area contributed by atoms with Gasteiger partial charge < -0.3 is 4.74 Å². The molecule has 2 atom stereocenters. The van der Waals surface area contributed by atoms with E-state index in [2.05, 4.69) is 23.7 Å². The van der Waals surface area contributed by atoms with Gasteiger partial charge >= 0.3 is 5.97 Å². The van der Waals surface area contributed by atoms with Crippen molar-refractivity contribution in [3.05, 3.63) is 33.0 Å². The number of hydrogen-bond acceptors (Lipinski definition) is 6. The summed E-state index contributed by atoms with van der Waals surface area (Å²) in [6.45, 7) is 1.76. The van der Waals surface area contributed by atoms with E-state index in [4.69, 9.17) is 4.74 Å². The number of nitrogens with zero attached hydrogens (tertiary/aromatic N) is 2. The van der Waals surface area contributed by atoms with Gasteiger partial charge in [0.15, 0.2) is 0 Å². The van der Waals surface area contributed by atoms with Crippen LogP contribution in [0.3, 0.4) is 0 Å². The molecule has 1 aliphatic rings. The van der Waals surface area contributed by atoms with Gasteiger partial charge in [-0.1, -0.05) is 6.07 Å². The van der Waals surface area contributed by atoms with Crippen LogP contribution in [0.1, 0.15) is 17.7 Å². The molecule has 98 valence electrons. The van der Waals surface area contributed by atoms with E-state index < -0.39 is 5.92 Å². The molecule has 0 amide bonds. The Labute approximate surface area is 120 Å². The first kappa shape index (κ1) is 13.8. The number of esters is 1.